The molecule has 0 radical (unpaired) electrons. The molecule has 0 spiro atoms. The Balaban J connectivity index is 0. The second kappa shape index (κ2) is 11.6. The van der Waals surface area contributed by atoms with Gasteiger partial charge in [0.2, 0.25) is 0 Å². The third-order valence-corrected chi connectivity index (χ3v) is 0.906. The zero-order chi connectivity index (χ0) is 6.24. The molecular weight excluding hydrogens is 321 g/mol. The average Bonchev–Trinajstić information content (AvgIpc) is 1.81. The Hall–Kier alpha value is 0.858. The molecule has 5 heteroatoms. The molecule has 0 aliphatic rings. The van der Waals surface area contributed by atoms with Crippen molar-refractivity contribution in [2.75, 3.05) is 26.2 Å². The molecule has 0 heterocycles. The van der Waals surface area contributed by atoms with Gasteiger partial charge in [-0.25, -0.2) is 4.84 Å². The van der Waals surface area contributed by atoms with Gasteiger partial charge in [-0.05, 0) is 11.8 Å². The summed E-state index contributed by atoms with van der Waals surface area (Å²) in [6.45, 7) is 3.20. The molecule has 58 valence electrons. The van der Waals surface area contributed by atoms with E-state index in [2.05, 4.69) is 10.2 Å². The van der Waals surface area contributed by atoms with Crippen LogP contribution in [0, 0.1) is 0 Å². The number of rotatable bonds is 5. The van der Waals surface area contributed by atoms with Gasteiger partial charge in [-0.3, -0.25) is 0 Å². The summed E-state index contributed by atoms with van der Waals surface area (Å²) in [5, 5.41) is 3.06. The van der Waals surface area contributed by atoms with Crippen LogP contribution in [-0.4, -0.2) is 26.2 Å². The maximum atomic E-state index is 5.19. The first kappa shape index (κ1) is 12.5. The van der Waals surface area contributed by atoms with Crippen molar-refractivity contribution >= 4 is 11.8 Å². The fraction of sp³-hybridized carbons (Fsp3) is 1.00. The van der Waals surface area contributed by atoms with Crippen LogP contribution in [-0.2, 0) is 21.1 Å². The van der Waals surface area contributed by atoms with Gasteiger partial charge < -0.3 is 11.1 Å². The SMILES string of the molecule is NCCNCCNCl.[Pt+2]. The minimum Gasteiger partial charge on any atom is -0.329 e. The monoisotopic (exact) mass is 332 g/mol. The zero-order valence-corrected chi connectivity index (χ0v) is 8.13. The quantitative estimate of drug-likeness (QED) is 0.460. The van der Waals surface area contributed by atoms with Crippen LogP contribution in [0.4, 0.5) is 0 Å². The first-order chi connectivity index (χ1) is 3.91. The minimum atomic E-state index is 0. The molecule has 3 nitrogen and oxygen atoms in total. The van der Waals surface area contributed by atoms with E-state index >= 15 is 0 Å². The van der Waals surface area contributed by atoms with Crippen LogP contribution in [0.3, 0.4) is 0 Å². The Morgan fingerprint density at radius 2 is 1.89 bits per heavy atom. The van der Waals surface area contributed by atoms with E-state index in [0.29, 0.717) is 6.54 Å². The molecule has 0 aliphatic carbocycles. The summed E-state index contributed by atoms with van der Waals surface area (Å²) in [6.07, 6.45) is 0. The summed E-state index contributed by atoms with van der Waals surface area (Å²) in [5.41, 5.74) is 5.19. The molecule has 0 atom stereocenters. The van der Waals surface area contributed by atoms with Gasteiger partial charge in [-0.1, -0.05) is 0 Å². The second-order valence-corrected chi connectivity index (χ2v) is 1.69. The molecule has 0 fully saturated rings. The third kappa shape index (κ3) is 12.1. The topological polar surface area (TPSA) is 50.1 Å². The summed E-state index contributed by atoms with van der Waals surface area (Å²) in [6, 6.07) is 0. The van der Waals surface area contributed by atoms with Crippen LogP contribution in [0.15, 0.2) is 0 Å². The molecule has 0 amide bonds. The Morgan fingerprint density at radius 3 is 2.33 bits per heavy atom. The van der Waals surface area contributed by atoms with Gasteiger partial charge in [0.25, 0.3) is 0 Å². The number of nitrogens with one attached hydrogen (secondary N) is 2. The molecule has 0 bridgehead atoms. The van der Waals surface area contributed by atoms with Crippen molar-refractivity contribution in [3.05, 3.63) is 0 Å². The molecule has 0 rings (SSSR count). The Labute approximate surface area is 75.1 Å². The maximum absolute atomic E-state index is 5.19. The largest absolute Gasteiger partial charge is 2.00 e. The van der Waals surface area contributed by atoms with Gasteiger partial charge in [0.05, 0.1) is 0 Å². The Bertz CT molecular complexity index is 40.8. The molecule has 0 unspecified atom stereocenters. The van der Waals surface area contributed by atoms with E-state index in [1.54, 1.807) is 0 Å². The van der Waals surface area contributed by atoms with Crippen molar-refractivity contribution in [3.8, 4) is 0 Å². The first-order valence-electron chi connectivity index (χ1n) is 2.66. The number of nitrogens with two attached hydrogens (primary N) is 1. The van der Waals surface area contributed by atoms with E-state index in [1.165, 1.54) is 0 Å². The Morgan fingerprint density at radius 1 is 1.22 bits per heavy atom. The van der Waals surface area contributed by atoms with Crippen molar-refractivity contribution in [1.82, 2.24) is 10.2 Å². The average molecular weight is 333 g/mol. The summed E-state index contributed by atoms with van der Waals surface area (Å²) >= 11 is 5.16. The van der Waals surface area contributed by atoms with E-state index in [-0.39, 0.29) is 21.1 Å². The van der Waals surface area contributed by atoms with Gasteiger partial charge >= 0.3 is 21.1 Å². The van der Waals surface area contributed by atoms with Gasteiger partial charge in [0, 0.05) is 26.2 Å². The van der Waals surface area contributed by atoms with Crippen molar-refractivity contribution in [3.63, 3.8) is 0 Å². The molecule has 0 saturated heterocycles. The smallest absolute Gasteiger partial charge is 0.329 e. The number of hydrogen-bond donors (Lipinski definition) is 3. The van der Waals surface area contributed by atoms with Crippen LogP contribution in [0.25, 0.3) is 0 Å². The first-order valence-corrected chi connectivity index (χ1v) is 3.04. The fourth-order valence-electron chi connectivity index (χ4n) is 0.363. The third-order valence-electron chi connectivity index (χ3n) is 0.717. The van der Waals surface area contributed by atoms with E-state index in [1.807, 2.05) is 0 Å². The van der Waals surface area contributed by atoms with Crippen molar-refractivity contribution < 1.29 is 21.1 Å². The van der Waals surface area contributed by atoms with E-state index in [9.17, 15) is 0 Å². The number of halogens is 1. The predicted molar refractivity (Wildman–Crippen MR) is 35.8 cm³/mol. The fourth-order valence-corrected chi connectivity index (χ4v) is 0.457. The van der Waals surface area contributed by atoms with Crippen LogP contribution < -0.4 is 15.9 Å². The molecule has 0 aromatic carbocycles. The summed E-state index contributed by atoms with van der Waals surface area (Å²) in [5.74, 6) is 0. The van der Waals surface area contributed by atoms with Crippen molar-refractivity contribution in [2.45, 2.75) is 0 Å². The van der Waals surface area contributed by atoms with Gasteiger partial charge in [-0.2, -0.15) is 0 Å². The zero-order valence-electron chi connectivity index (χ0n) is 5.10. The number of hydrogen-bond acceptors (Lipinski definition) is 3. The molecule has 0 aliphatic heterocycles. The molecule has 4 N–H and O–H groups in total. The predicted octanol–water partition coefficient (Wildman–Crippen LogP) is -0.724. The van der Waals surface area contributed by atoms with Crippen LogP contribution in [0.5, 0.6) is 0 Å². The molecule has 9 heavy (non-hydrogen) atoms. The summed E-state index contributed by atoms with van der Waals surface area (Å²) in [7, 11) is 0. The normalized spacial score (nSPS) is 8.67. The molecule has 0 aromatic heterocycles. The van der Waals surface area contributed by atoms with E-state index in [0.717, 1.165) is 19.6 Å². The Kier molecular flexibility index (Phi) is 16.2. The van der Waals surface area contributed by atoms with E-state index in [4.69, 9.17) is 17.5 Å². The standard InChI is InChI=1S/C4H12ClN3.Pt/c5-8-4-3-7-2-1-6;/h7-8H,1-4,6H2;/q;+2. The minimum absolute atomic E-state index is 0. The summed E-state index contributed by atoms with van der Waals surface area (Å²) < 4.78 is 0. The molecular formula is C4H12ClN3Pt+2. The second-order valence-electron chi connectivity index (χ2n) is 1.42. The van der Waals surface area contributed by atoms with Crippen molar-refractivity contribution in [2.24, 2.45) is 5.73 Å². The van der Waals surface area contributed by atoms with Crippen LogP contribution >= 0.6 is 11.8 Å². The van der Waals surface area contributed by atoms with E-state index < -0.39 is 0 Å². The van der Waals surface area contributed by atoms with Crippen LogP contribution in [0.1, 0.15) is 0 Å². The van der Waals surface area contributed by atoms with Gasteiger partial charge in [-0.15, -0.1) is 0 Å². The van der Waals surface area contributed by atoms with Gasteiger partial charge in [0.15, 0.2) is 0 Å². The molecule has 0 aromatic rings. The molecule has 0 saturated carbocycles. The van der Waals surface area contributed by atoms with Crippen LogP contribution in [0.2, 0.25) is 0 Å². The summed E-state index contributed by atoms with van der Waals surface area (Å²) in [4.78, 5) is 2.50. The maximum Gasteiger partial charge on any atom is 2.00 e. The van der Waals surface area contributed by atoms with Gasteiger partial charge in [0.1, 0.15) is 0 Å². The van der Waals surface area contributed by atoms with Crippen molar-refractivity contribution in [1.29, 1.82) is 0 Å².